The van der Waals surface area contributed by atoms with Gasteiger partial charge in [-0.25, -0.2) is 4.79 Å². The Morgan fingerprint density at radius 3 is 2.90 bits per heavy atom. The number of carboxylic acid groups (broad SMARTS) is 1. The van der Waals surface area contributed by atoms with E-state index in [1.54, 1.807) is 6.07 Å². The first-order chi connectivity index (χ1) is 10.2. The largest absolute Gasteiger partial charge is 0.478 e. The van der Waals surface area contributed by atoms with Crippen LogP contribution in [0.25, 0.3) is 11.1 Å². The Morgan fingerprint density at radius 1 is 1.29 bits per heavy atom. The number of aryl methyl sites for hydroxylation is 1. The molecule has 1 aromatic heterocycles. The Labute approximate surface area is 120 Å². The zero-order valence-electron chi connectivity index (χ0n) is 11.4. The monoisotopic (exact) mass is 283 g/mol. The minimum Gasteiger partial charge on any atom is -0.478 e. The van der Waals surface area contributed by atoms with Crippen molar-refractivity contribution in [2.45, 2.75) is 13.3 Å². The highest BCUT2D eigenvalue weighted by molar-refractivity contribution is 5.91. The average molecular weight is 283 g/mol. The topological polar surface area (TPSA) is 72.6 Å². The van der Waals surface area contributed by atoms with Crippen LogP contribution in [-0.2, 0) is 6.42 Å². The first-order valence-corrected chi connectivity index (χ1v) is 6.56. The van der Waals surface area contributed by atoms with Crippen LogP contribution >= 0.6 is 0 Å². The zero-order chi connectivity index (χ0) is 14.8. The second-order valence-electron chi connectivity index (χ2n) is 4.57. The van der Waals surface area contributed by atoms with E-state index in [1.165, 1.54) is 12.1 Å². The average Bonchev–Trinajstić information content (AvgIpc) is 2.88. The van der Waals surface area contributed by atoms with Crippen molar-refractivity contribution >= 4 is 17.1 Å². The fourth-order valence-corrected chi connectivity index (χ4v) is 2.01. The lowest BCUT2D eigenvalue weighted by atomic mass is 10.2. The number of fused-ring (bicyclic) bond motifs is 1. The van der Waals surface area contributed by atoms with Crippen LogP contribution in [0, 0.1) is 0 Å². The maximum absolute atomic E-state index is 10.9. The van der Waals surface area contributed by atoms with Crippen LogP contribution in [-0.4, -0.2) is 16.1 Å². The predicted molar refractivity (Wildman–Crippen MR) is 76.9 cm³/mol. The maximum atomic E-state index is 10.9. The van der Waals surface area contributed by atoms with Crippen molar-refractivity contribution in [1.29, 1.82) is 0 Å². The fourth-order valence-electron chi connectivity index (χ4n) is 2.01. The predicted octanol–water partition coefficient (Wildman–Crippen LogP) is 3.88. The third-order valence-corrected chi connectivity index (χ3v) is 3.13. The molecule has 0 saturated carbocycles. The van der Waals surface area contributed by atoms with Gasteiger partial charge in [-0.1, -0.05) is 19.1 Å². The molecule has 3 aromatic rings. The van der Waals surface area contributed by atoms with E-state index in [1.807, 2.05) is 24.3 Å². The summed E-state index contributed by atoms with van der Waals surface area (Å²) in [6, 6.07) is 12.2. The highest BCUT2D eigenvalue weighted by atomic mass is 16.6. The van der Waals surface area contributed by atoms with Gasteiger partial charge in [0.2, 0.25) is 0 Å². The second kappa shape index (κ2) is 5.28. The number of ether oxygens (including phenoxy) is 1. The van der Waals surface area contributed by atoms with E-state index in [-0.39, 0.29) is 11.6 Å². The van der Waals surface area contributed by atoms with Gasteiger partial charge in [0.15, 0.2) is 5.58 Å². The Hall–Kier alpha value is -2.82. The number of carbonyl (C=O) groups is 1. The standard InChI is InChI=1S/C16H13NO4/c1-2-10-4-3-5-12(8-10)20-16-17-13-7-6-11(15(18)19)9-14(13)21-16/h3-9H,2H2,1H3,(H,18,19). The Kier molecular flexibility index (Phi) is 3.31. The molecular weight excluding hydrogens is 270 g/mol. The lowest BCUT2D eigenvalue weighted by molar-refractivity contribution is 0.0697. The van der Waals surface area contributed by atoms with Gasteiger partial charge in [-0.2, -0.15) is 4.98 Å². The van der Waals surface area contributed by atoms with Crippen LogP contribution < -0.4 is 4.74 Å². The molecule has 0 fully saturated rings. The van der Waals surface area contributed by atoms with Gasteiger partial charge < -0.3 is 14.3 Å². The Bertz CT molecular complexity index is 807. The van der Waals surface area contributed by atoms with Crippen molar-refractivity contribution in [2.24, 2.45) is 0 Å². The molecule has 0 aliphatic rings. The van der Waals surface area contributed by atoms with Crippen molar-refractivity contribution in [3.05, 3.63) is 53.6 Å². The number of aromatic nitrogens is 1. The number of hydrogen-bond acceptors (Lipinski definition) is 4. The maximum Gasteiger partial charge on any atom is 0.400 e. The summed E-state index contributed by atoms with van der Waals surface area (Å²) in [7, 11) is 0. The third-order valence-electron chi connectivity index (χ3n) is 3.13. The van der Waals surface area contributed by atoms with E-state index in [4.69, 9.17) is 14.3 Å². The van der Waals surface area contributed by atoms with E-state index in [2.05, 4.69) is 11.9 Å². The Balaban J connectivity index is 1.92. The number of nitrogens with zero attached hydrogens (tertiary/aromatic N) is 1. The number of benzene rings is 2. The summed E-state index contributed by atoms with van der Waals surface area (Å²) in [4.78, 5) is 15.1. The molecule has 0 saturated heterocycles. The number of oxazole rings is 1. The molecule has 0 amide bonds. The molecule has 1 heterocycles. The molecule has 1 N–H and O–H groups in total. The first-order valence-electron chi connectivity index (χ1n) is 6.56. The molecule has 0 spiro atoms. The molecule has 0 radical (unpaired) electrons. The SMILES string of the molecule is CCc1cccc(Oc2nc3ccc(C(=O)O)cc3o2)c1. The number of aromatic carboxylic acids is 1. The number of rotatable bonds is 4. The lowest BCUT2D eigenvalue weighted by Crippen LogP contribution is -1.94. The van der Waals surface area contributed by atoms with Gasteiger partial charge in [0.05, 0.1) is 5.56 Å². The molecule has 5 nitrogen and oxygen atoms in total. The van der Waals surface area contributed by atoms with Crippen molar-refractivity contribution < 1.29 is 19.1 Å². The van der Waals surface area contributed by atoms with E-state index in [0.717, 1.165) is 12.0 Å². The molecule has 0 bridgehead atoms. The molecule has 0 aliphatic carbocycles. The van der Waals surface area contributed by atoms with Crippen molar-refractivity contribution in [1.82, 2.24) is 4.98 Å². The summed E-state index contributed by atoms with van der Waals surface area (Å²) >= 11 is 0. The third kappa shape index (κ3) is 2.72. The van der Waals surface area contributed by atoms with Crippen molar-refractivity contribution in [2.75, 3.05) is 0 Å². The molecule has 106 valence electrons. The molecule has 21 heavy (non-hydrogen) atoms. The zero-order valence-corrected chi connectivity index (χ0v) is 11.4. The smallest absolute Gasteiger partial charge is 0.400 e. The molecular formula is C16H13NO4. The summed E-state index contributed by atoms with van der Waals surface area (Å²) in [6.45, 7) is 2.06. The van der Waals surface area contributed by atoms with Crippen LogP contribution in [0.2, 0.25) is 0 Å². The van der Waals surface area contributed by atoms with Crippen LogP contribution in [0.4, 0.5) is 0 Å². The first kappa shape index (κ1) is 13.2. The second-order valence-corrected chi connectivity index (χ2v) is 4.57. The van der Waals surface area contributed by atoms with E-state index >= 15 is 0 Å². The van der Waals surface area contributed by atoms with E-state index in [9.17, 15) is 4.79 Å². The fraction of sp³-hybridized carbons (Fsp3) is 0.125. The normalized spacial score (nSPS) is 10.7. The molecule has 2 aromatic carbocycles. The van der Waals surface area contributed by atoms with Gasteiger partial charge in [-0.3, -0.25) is 0 Å². The van der Waals surface area contributed by atoms with Crippen LogP contribution in [0.3, 0.4) is 0 Å². The quantitative estimate of drug-likeness (QED) is 0.786. The number of hydrogen-bond donors (Lipinski definition) is 1. The van der Waals surface area contributed by atoms with Gasteiger partial charge in [0.1, 0.15) is 11.3 Å². The molecule has 0 unspecified atom stereocenters. The molecule has 0 aliphatic heterocycles. The minimum atomic E-state index is -1.01. The molecule has 5 heteroatoms. The summed E-state index contributed by atoms with van der Waals surface area (Å²) in [5, 5.41) is 8.95. The van der Waals surface area contributed by atoms with E-state index < -0.39 is 5.97 Å². The van der Waals surface area contributed by atoms with Crippen LogP contribution in [0.15, 0.2) is 46.9 Å². The molecule has 0 atom stereocenters. The van der Waals surface area contributed by atoms with Gasteiger partial charge in [-0.05, 0) is 42.3 Å². The highest BCUT2D eigenvalue weighted by Crippen LogP contribution is 2.26. The van der Waals surface area contributed by atoms with Gasteiger partial charge in [0, 0.05) is 0 Å². The van der Waals surface area contributed by atoms with Crippen LogP contribution in [0.5, 0.6) is 11.8 Å². The number of carboxylic acids is 1. The summed E-state index contributed by atoms with van der Waals surface area (Å²) < 4.78 is 11.0. The molecule has 3 rings (SSSR count). The van der Waals surface area contributed by atoms with Crippen LogP contribution in [0.1, 0.15) is 22.8 Å². The van der Waals surface area contributed by atoms with Crippen molar-refractivity contribution in [3.63, 3.8) is 0 Å². The summed E-state index contributed by atoms with van der Waals surface area (Å²) in [5.74, 6) is -0.370. The summed E-state index contributed by atoms with van der Waals surface area (Å²) in [6.07, 6.45) is 1.01. The lowest BCUT2D eigenvalue weighted by Gasteiger charge is -2.02. The van der Waals surface area contributed by atoms with E-state index in [0.29, 0.717) is 16.8 Å². The van der Waals surface area contributed by atoms with Gasteiger partial charge in [0.25, 0.3) is 0 Å². The highest BCUT2D eigenvalue weighted by Gasteiger charge is 2.11. The van der Waals surface area contributed by atoms with Crippen molar-refractivity contribution in [3.8, 4) is 11.8 Å². The van der Waals surface area contributed by atoms with Gasteiger partial charge in [-0.15, -0.1) is 0 Å². The summed E-state index contributed by atoms with van der Waals surface area (Å²) in [5.41, 5.74) is 2.24. The van der Waals surface area contributed by atoms with Gasteiger partial charge >= 0.3 is 12.0 Å². The minimum absolute atomic E-state index is 0.0980. The Morgan fingerprint density at radius 2 is 2.14 bits per heavy atom.